The van der Waals surface area contributed by atoms with Crippen molar-refractivity contribution in [1.29, 1.82) is 0 Å². The molecular formula is C10H12N2O3. The second-order valence-corrected chi connectivity index (χ2v) is 3.00. The maximum absolute atomic E-state index is 11.2. The van der Waals surface area contributed by atoms with E-state index in [2.05, 4.69) is 4.98 Å². The average Bonchev–Trinajstić information content (AvgIpc) is 2.18. The molecular weight excluding hydrogens is 196 g/mol. The molecule has 1 heterocycles. The highest BCUT2D eigenvalue weighted by Gasteiger charge is 2.13. The second-order valence-electron chi connectivity index (χ2n) is 3.00. The number of rotatable bonds is 4. The number of hydrogen-bond acceptors (Lipinski definition) is 3. The summed E-state index contributed by atoms with van der Waals surface area (Å²) < 4.78 is 0. The fourth-order valence-corrected chi connectivity index (χ4v) is 1.15. The zero-order valence-electron chi connectivity index (χ0n) is 8.38. The molecule has 5 nitrogen and oxygen atoms in total. The summed E-state index contributed by atoms with van der Waals surface area (Å²) in [7, 11) is 0. The Bertz CT molecular complexity index is 351. The van der Waals surface area contributed by atoms with Gasteiger partial charge in [-0.15, -0.1) is 0 Å². The fourth-order valence-electron chi connectivity index (χ4n) is 1.15. The number of amides is 1. The van der Waals surface area contributed by atoms with Crippen LogP contribution in [0.3, 0.4) is 0 Å². The first-order valence-electron chi connectivity index (χ1n) is 4.52. The molecule has 0 aliphatic heterocycles. The number of carbonyl (C=O) groups excluding carboxylic acids is 1. The van der Waals surface area contributed by atoms with Crippen molar-refractivity contribution in [3.05, 3.63) is 24.4 Å². The molecule has 80 valence electrons. The molecule has 1 rings (SSSR count). The van der Waals surface area contributed by atoms with Gasteiger partial charge < -0.3 is 5.11 Å². The van der Waals surface area contributed by atoms with Gasteiger partial charge in [-0.3, -0.25) is 14.5 Å². The minimum atomic E-state index is -0.933. The zero-order valence-corrected chi connectivity index (χ0v) is 8.38. The van der Waals surface area contributed by atoms with E-state index in [-0.39, 0.29) is 18.9 Å². The lowest BCUT2D eigenvalue weighted by atomic mass is 10.3. The minimum absolute atomic E-state index is 0.0871. The van der Waals surface area contributed by atoms with Crippen molar-refractivity contribution in [1.82, 2.24) is 4.98 Å². The molecule has 0 aliphatic carbocycles. The molecule has 1 amide bonds. The molecule has 0 saturated carbocycles. The molecule has 0 saturated heterocycles. The highest BCUT2D eigenvalue weighted by molar-refractivity contribution is 5.90. The van der Waals surface area contributed by atoms with Crippen LogP contribution in [-0.2, 0) is 9.59 Å². The van der Waals surface area contributed by atoms with Crippen LogP contribution in [0.5, 0.6) is 0 Å². The Morgan fingerprint density at radius 2 is 2.20 bits per heavy atom. The normalized spacial score (nSPS) is 9.67. The van der Waals surface area contributed by atoms with Crippen LogP contribution in [0.25, 0.3) is 0 Å². The second kappa shape index (κ2) is 5.09. The van der Waals surface area contributed by atoms with Crippen LogP contribution in [0.4, 0.5) is 5.82 Å². The van der Waals surface area contributed by atoms with Crippen LogP contribution >= 0.6 is 0 Å². The molecule has 5 heteroatoms. The van der Waals surface area contributed by atoms with Crippen molar-refractivity contribution < 1.29 is 14.7 Å². The number of carbonyl (C=O) groups is 2. The van der Waals surface area contributed by atoms with Gasteiger partial charge in [-0.2, -0.15) is 0 Å². The molecule has 1 aromatic rings. The van der Waals surface area contributed by atoms with Gasteiger partial charge in [0.05, 0.1) is 6.42 Å². The Hall–Kier alpha value is -1.91. The monoisotopic (exact) mass is 208 g/mol. The minimum Gasteiger partial charge on any atom is -0.481 e. The van der Waals surface area contributed by atoms with Gasteiger partial charge in [0, 0.05) is 19.7 Å². The lowest BCUT2D eigenvalue weighted by Crippen LogP contribution is -2.31. The molecule has 0 spiro atoms. The molecule has 0 bridgehead atoms. The number of nitrogens with zero attached hydrogens (tertiary/aromatic N) is 2. The highest BCUT2D eigenvalue weighted by Crippen LogP contribution is 2.09. The number of aliphatic carboxylic acids is 1. The van der Waals surface area contributed by atoms with Crippen LogP contribution in [0.15, 0.2) is 24.4 Å². The van der Waals surface area contributed by atoms with E-state index in [0.717, 1.165) is 0 Å². The van der Waals surface area contributed by atoms with Crippen molar-refractivity contribution in [2.24, 2.45) is 0 Å². The van der Waals surface area contributed by atoms with Gasteiger partial charge in [-0.1, -0.05) is 6.07 Å². The van der Waals surface area contributed by atoms with Crippen molar-refractivity contribution in [3.8, 4) is 0 Å². The zero-order chi connectivity index (χ0) is 11.3. The number of anilines is 1. The number of hydrogen-bond donors (Lipinski definition) is 1. The predicted octanol–water partition coefficient (Wildman–Crippen LogP) is 0.909. The molecule has 15 heavy (non-hydrogen) atoms. The summed E-state index contributed by atoms with van der Waals surface area (Å²) in [6.07, 6.45) is 1.47. The van der Waals surface area contributed by atoms with Crippen molar-refractivity contribution in [3.63, 3.8) is 0 Å². The van der Waals surface area contributed by atoms with E-state index in [4.69, 9.17) is 5.11 Å². The molecule has 0 aromatic carbocycles. The fraction of sp³-hybridized carbons (Fsp3) is 0.300. The standard InChI is InChI=1S/C10H12N2O3/c1-8(13)12(7-5-10(14)15)9-4-2-3-6-11-9/h2-4,6H,5,7H2,1H3,(H,14,15). The summed E-state index contributed by atoms with van der Waals surface area (Å²) >= 11 is 0. The Morgan fingerprint density at radius 1 is 1.47 bits per heavy atom. The van der Waals surface area contributed by atoms with E-state index in [1.807, 2.05) is 0 Å². The smallest absolute Gasteiger partial charge is 0.305 e. The number of pyridine rings is 1. The van der Waals surface area contributed by atoms with Gasteiger partial charge in [0.15, 0.2) is 0 Å². The first kappa shape index (κ1) is 11.2. The molecule has 0 fully saturated rings. The third-order valence-electron chi connectivity index (χ3n) is 1.86. The average molecular weight is 208 g/mol. The molecule has 1 aromatic heterocycles. The topological polar surface area (TPSA) is 70.5 Å². The largest absolute Gasteiger partial charge is 0.481 e. The third-order valence-corrected chi connectivity index (χ3v) is 1.86. The molecule has 0 aliphatic rings. The third kappa shape index (κ3) is 3.38. The first-order chi connectivity index (χ1) is 7.11. The van der Waals surface area contributed by atoms with E-state index in [1.165, 1.54) is 11.8 Å². The van der Waals surface area contributed by atoms with Crippen molar-refractivity contribution in [2.45, 2.75) is 13.3 Å². The molecule has 0 atom stereocenters. The van der Waals surface area contributed by atoms with Gasteiger partial charge >= 0.3 is 5.97 Å². The van der Waals surface area contributed by atoms with Crippen LogP contribution in [0, 0.1) is 0 Å². The molecule has 0 unspecified atom stereocenters. The van der Waals surface area contributed by atoms with Crippen LogP contribution in [0.2, 0.25) is 0 Å². The van der Waals surface area contributed by atoms with Crippen LogP contribution in [-0.4, -0.2) is 28.5 Å². The summed E-state index contributed by atoms with van der Waals surface area (Å²) in [4.78, 5) is 27.0. The van der Waals surface area contributed by atoms with E-state index < -0.39 is 5.97 Å². The quantitative estimate of drug-likeness (QED) is 0.798. The molecule has 0 radical (unpaired) electrons. The summed E-state index contributed by atoms with van der Waals surface area (Å²) in [5.74, 6) is -0.668. The van der Waals surface area contributed by atoms with Gasteiger partial charge in [0.1, 0.15) is 5.82 Å². The van der Waals surface area contributed by atoms with E-state index in [9.17, 15) is 9.59 Å². The number of aromatic nitrogens is 1. The summed E-state index contributed by atoms with van der Waals surface area (Å²) in [6.45, 7) is 1.53. The summed E-state index contributed by atoms with van der Waals surface area (Å²) in [5.41, 5.74) is 0. The van der Waals surface area contributed by atoms with Gasteiger partial charge in [-0.05, 0) is 12.1 Å². The Labute approximate surface area is 87.4 Å². The first-order valence-corrected chi connectivity index (χ1v) is 4.52. The lowest BCUT2D eigenvalue weighted by molar-refractivity contribution is -0.136. The van der Waals surface area contributed by atoms with Gasteiger partial charge in [-0.25, -0.2) is 4.98 Å². The lowest BCUT2D eigenvalue weighted by Gasteiger charge is -2.18. The summed E-state index contributed by atoms with van der Waals surface area (Å²) in [6, 6.07) is 5.15. The van der Waals surface area contributed by atoms with E-state index >= 15 is 0 Å². The molecule has 1 N–H and O–H groups in total. The Kier molecular flexibility index (Phi) is 3.79. The summed E-state index contributed by atoms with van der Waals surface area (Å²) in [5, 5.41) is 8.53. The maximum atomic E-state index is 11.2. The van der Waals surface area contributed by atoms with E-state index in [0.29, 0.717) is 5.82 Å². The van der Waals surface area contributed by atoms with Gasteiger partial charge in [0.2, 0.25) is 5.91 Å². The van der Waals surface area contributed by atoms with E-state index in [1.54, 1.807) is 24.4 Å². The number of carboxylic acids is 1. The number of carboxylic acid groups (broad SMARTS) is 1. The van der Waals surface area contributed by atoms with Crippen molar-refractivity contribution >= 4 is 17.7 Å². The Balaban J connectivity index is 2.75. The van der Waals surface area contributed by atoms with Gasteiger partial charge in [0.25, 0.3) is 0 Å². The van der Waals surface area contributed by atoms with Crippen LogP contribution < -0.4 is 4.90 Å². The SMILES string of the molecule is CC(=O)N(CCC(=O)O)c1ccccn1. The van der Waals surface area contributed by atoms with Crippen LogP contribution in [0.1, 0.15) is 13.3 Å². The Morgan fingerprint density at radius 3 is 2.67 bits per heavy atom. The maximum Gasteiger partial charge on any atom is 0.305 e. The predicted molar refractivity (Wildman–Crippen MR) is 54.5 cm³/mol. The highest BCUT2D eigenvalue weighted by atomic mass is 16.4. The van der Waals surface area contributed by atoms with Crippen molar-refractivity contribution in [2.75, 3.05) is 11.4 Å².